The molecule has 1 atom stereocenters. The van der Waals surface area contributed by atoms with Gasteiger partial charge in [0.25, 0.3) is 0 Å². The first kappa shape index (κ1) is 13.7. The van der Waals surface area contributed by atoms with E-state index in [1.165, 1.54) is 11.3 Å². The molecule has 1 unspecified atom stereocenters. The molecule has 108 valence electrons. The van der Waals surface area contributed by atoms with Crippen LogP contribution in [-0.2, 0) is 13.0 Å². The molecule has 0 amide bonds. The predicted octanol–water partition coefficient (Wildman–Crippen LogP) is 3.58. The summed E-state index contributed by atoms with van der Waals surface area (Å²) in [6.07, 6.45) is 1.09. The normalized spacial score (nSPS) is 17.4. The van der Waals surface area contributed by atoms with E-state index in [2.05, 4.69) is 30.0 Å². The summed E-state index contributed by atoms with van der Waals surface area (Å²) in [4.78, 5) is 13.7. The summed E-state index contributed by atoms with van der Waals surface area (Å²) in [6, 6.07) is 15.7. The first-order valence-corrected chi connectivity index (χ1v) is 7.29. The number of nitrogens with zero attached hydrogens (tertiary/aromatic N) is 1. The quantitative estimate of drug-likeness (QED) is 0.934. The van der Waals surface area contributed by atoms with E-state index in [4.69, 9.17) is 0 Å². The van der Waals surface area contributed by atoms with E-state index in [1.807, 2.05) is 18.2 Å². The molecule has 2 aromatic carbocycles. The van der Waals surface area contributed by atoms with Crippen LogP contribution in [0.3, 0.4) is 0 Å². The Balaban J connectivity index is 1.94. The van der Waals surface area contributed by atoms with Gasteiger partial charge in [0.2, 0.25) is 0 Å². The molecule has 0 fully saturated rings. The Morgan fingerprint density at radius 1 is 1.19 bits per heavy atom. The van der Waals surface area contributed by atoms with Crippen molar-refractivity contribution in [3.63, 3.8) is 0 Å². The zero-order chi connectivity index (χ0) is 14.8. The molecule has 0 aliphatic carbocycles. The lowest BCUT2D eigenvalue weighted by molar-refractivity contribution is 0.0695. The molecule has 1 N–H and O–H groups in total. The lowest BCUT2D eigenvalue weighted by Crippen LogP contribution is -2.34. The molecule has 3 rings (SSSR count). The van der Waals surface area contributed by atoms with E-state index in [0.29, 0.717) is 18.0 Å². The Bertz CT molecular complexity index is 666. The second-order valence-electron chi connectivity index (χ2n) is 5.78. The van der Waals surface area contributed by atoms with Crippen LogP contribution >= 0.6 is 0 Å². The molecule has 21 heavy (non-hydrogen) atoms. The smallest absolute Gasteiger partial charge is 0.336 e. The fourth-order valence-electron chi connectivity index (χ4n) is 3.13. The number of carbonyl (C=O) groups is 1. The zero-order valence-electron chi connectivity index (χ0n) is 12.1. The number of carboxylic acid groups (broad SMARTS) is 1. The Hall–Kier alpha value is -2.29. The van der Waals surface area contributed by atoms with Gasteiger partial charge in [0, 0.05) is 18.8 Å². The molecular weight excluding hydrogens is 262 g/mol. The highest BCUT2D eigenvalue weighted by atomic mass is 16.4. The first-order chi connectivity index (χ1) is 10.1. The largest absolute Gasteiger partial charge is 0.478 e. The SMILES string of the molecule is CC1Cc2ccccc2N(Cc2ccccc2C(=O)O)C1. The minimum Gasteiger partial charge on any atom is -0.478 e. The summed E-state index contributed by atoms with van der Waals surface area (Å²) in [5.74, 6) is -0.277. The van der Waals surface area contributed by atoms with Crippen LogP contribution in [0.5, 0.6) is 0 Å². The van der Waals surface area contributed by atoms with Crippen molar-refractivity contribution in [3.05, 3.63) is 65.2 Å². The highest BCUT2D eigenvalue weighted by Gasteiger charge is 2.22. The van der Waals surface area contributed by atoms with Crippen molar-refractivity contribution in [3.8, 4) is 0 Å². The first-order valence-electron chi connectivity index (χ1n) is 7.29. The minimum absolute atomic E-state index is 0.396. The van der Waals surface area contributed by atoms with Crippen molar-refractivity contribution in [2.24, 2.45) is 5.92 Å². The van der Waals surface area contributed by atoms with E-state index in [-0.39, 0.29) is 0 Å². The van der Waals surface area contributed by atoms with Gasteiger partial charge in [0.05, 0.1) is 5.56 Å². The number of benzene rings is 2. The van der Waals surface area contributed by atoms with E-state index in [0.717, 1.165) is 18.5 Å². The highest BCUT2D eigenvalue weighted by Crippen LogP contribution is 2.31. The van der Waals surface area contributed by atoms with Crippen molar-refractivity contribution in [1.29, 1.82) is 0 Å². The van der Waals surface area contributed by atoms with Gasteiger partial charge >= 0.3 is 5.97 Å². The summed E-state index contributed by atoms with van der Waals surface area (Å²) in [6.45, 7) is 3.85. The van der Waals surface area contributed by atoms with Gasteiger partial charge in [-0.05, 0) is 35.6 Å². The maximum absolute atomic E-state index is 11.4. The second-order valence-corrected chi connectivity index (χ2v) is 5.78. The molecule has 3 nitrogen and oxygen atoms in total. The number of hydrogen-bond acceptors (Lipinski definition) is 2. The molecule has 1 aliphatic rings. The molecule has 1 aliphatic heterocycles. The fraction of sp³-hybridized carbons (Fsp3) is 0.278. The average Bonchev–Trinajstić information content (AvgIpc) is 2.47. The van der Waals surface area contributed by atoms with E-state index in [9.17, 15) is 9.90 Å². The van der Waals surface area contributed by atoms with Crippen molar-refractivity contribution >= 4 is 11.7 Å². The molecule has 2 aromatic rings. The molecule has 0 saturated carbocycles. The Morgan fingerprint density at radius 3 is 2.71 bits per heavy atom. The summed E-state index contributed by atoms with van der Waals surface area (Å²) in [7, 11) is 0. The molecule has 0 spiro atoms. The molecule has 0 bridgehead atoms. The average molecular weight is 281 g/mol. The van der Waals surface area contributed by atoms with E-state index in [1.54, 1.807) is 12.1 Å². The lowest BCUT2D eigenvalue weighted by atomic mass is 9.93. The molecular formula is C18H19NO2. The van der Waals surface area contributed by atoms with Crippen LogP contribution in [0.4, 0.5) is 5.69 Å². The molecule has 3 heteroatoms. The van der Waals surface area contributed by atoms with Crippen LogP contribution in [0.15, 0.2) is 48.5 Å². The molecule has 0 aromatic heterocycles. The van der Waals surface area contributed by atoms with Gasteiger partial charge in [-0.25, -0.2) is 4.79 Å². The van der Waals surface area contributed by atoms with E-state index >= 15 is 0 Å². The van der Waals surface area contributed by atoms with Crippen LogP contribution in [0.2, 0.25) is 0 Å². The van der Waals surface area contributed by atoms with Gasteiger partial charge in [-0.1, -0.05) is 43.3 Å². The van der Waals surface area contributed by atoms with Gasteiger partial charge < -0.3 is 10.0 Å². The topological polar surface area (TPSA) is 40.5 Å². The number of anilines is 1. The number of hydrogen-bond donors (Lipinski definition) is 1. The number of para-hydroxylation sites is 1. The van der Waals surface area contributed by atoms with Crippen LogP contribution in [0.25, 0.3) is 0 Å². The third kappa shape index (κ3) is 2.77. The van der Waals surface area contributed by atoms with Crippen molar-refractivity contribution in [2.75, 3.05) is 11.4 Å². The van der Waals surface area contributed by atoms with Crippen molar-refractivity contribution < 1.29 is 9.90 Å². The zero-order valence-corrected chi connectivity index (χ0v) is 12.1. The van der Waals surface area contributed by atoms with Crippen LogP contribution < -0.4 is 4.90 Å². The standard InChI is InChI=1S/C18H19NO2/c1-13-10-14-6-3-5-9-17(14)19(11-13)12-15-7-2-4-8-16(15)18(20)21/h2-9,13H,10-12H2,1H3,(H,20,21). The van der Waals surface area contributed by atoms with Crippen LogP contribution in [0, 0.1) is 5.92 Å². The third-order valence-electron chi connectivity index (χ3n) is 4.04. The van der Waals surface area contributed by atoms with Crippen LogP contribution in [0.1, 0.15) is 28.4 Å². The van der Waals surface area contributed by atoms with Crippen LogP contribution in [-0.4, -0.2) is 17.6 Å². The fourth-order valence-corrected chi connectivity index (χ4v) is 3.13. The Kier molecular flexibility index (Phi) is 3.65. The summed E-state index contributed by atoms with van der Waals surface area (Å²) >= 11 is 0. The Morgan fingerprint density at radius 2 is 1.90 bits per heavy atom. The second kappa shape index (κ2) is 5.60. The number of fused-ring (bicyclic) bond motifs is 1. The maximum Gasteiger partial charge on any atom is 0.336 e. The number of carboxylic acids is 1. The third-order valence-corrected chi connectivity index (χ3v) is 4.04. The van der Waals surface area contributed by atoms with E-state index < -0.39 is 5.97 Å². The minimum atomic E-state index is -0.857. The molecule has 1 heterocycles. The molecule has 0 radical (unpaired) electrons. The lowest BCUT2D eigenvalue weighted by Gasteiger charge is -2.35. The summed E-state index contributed by atoms with van der Waals surface area (Å²) < 4.78 is 0. The summed E-state index contributed by atoms with van der Waals surface area (Å²) in [5.41, 5.74) is 3.85. The molecule has 0 saturated heterocycles. The van der Waals surface area contributed by atoms with Crippen molar-refractivity contribution in [1.82, 2.24) is 0 Å². The maximum atomic E-state index is 11.4. The summed E-state index contributed by atoms with van der Waals surface area (Å²) in [5, 5.41) is 9.32. The van der Waals surface area contributed by atoms with Gasteiger partial charge in [-0.2, -0.15) is 0 Å². The number of rotatable bonds is 3. The van der Waals surface area contributed by atoms with Gasteiger partial charge in [0.15, 0.2) is 0 Å². The monoisotopic (exact) mass is 281 g/mol. The van der Waals surface area contributed by atoms with Gasteiger partial charge in [-0.15, -0.1) is 0 Å². The van der Waals surface area contributed by atoms with Crippen molar-refractivity contribution in [2.45, 2.75) is 19.9 Å². The highest BCUT2D eigenvalue weighted by molar-refractivity contribution is 5.89. The number of aromatic carboxylic acids is 1. The Labute approximate surface area is 124 Å². The van der Waals surface area contributed by atoms with Gasteiger partial charge in [0.1, 0.15) is 0 Å². The predicted molar refractivity (Wildman–Crippen MR) is 83.8 cm³/mol. The van der Waals surface area contributed by atoms with Gasteiger partial charge in [-0.3, -0.25) is 0 Å².